The lowest BCUT2D eigenvalue weighted by Crippen LogP contribution is -2.58. The Hall–Kier alpha value is -0.460. The molecule has 1 aliphatic carbocycles. The van der Waals surface area contributed by atoms with E-state index in [1.807, 2.05) is 0 Å². The van der Waals surface area contributed by atoms with Crippen molar-refractivity contribution in [2.75, 3.05) is 0 Å². The van der Waals surface area contributed by atoms with Gasteiger partial charge in [0.15, 0.2) is 0 Å². The van der Waals surface area contributed by atoms with E-state index in [9.17, 15) is 26.3 Å². The van der Waals surface area contributed by atoms with Gasteiger partial charge in [-0.25, -0.2) is 0 Å². The molecule has 114 valence electrons. The number of hydrogen-bond acceptors (Lipinski definition) is 1. The van der Waals surface area contributed by atoms with Crippen LogP contribution in [-0.2, 0) is 0 Å². The van der Waals surface area contributed by atoms with Crippen molar-refractivity contribution in [3.63, 3.8) is 0 Å². The first-order chi connectivity index (χ1) is 8.49. The molecule has 1 nitrogen and oxygen atoms in total. The van der Waals surface area contributed by atoms with E-state index in [1.54, 1.807) is 0 Å². The van der Waals surface area contributed by atoms with Crippen molar-refractivity contribution in [2.45, 2.75) is 63.4 Å². The van der Waals surface area contributed by atoms with Crippen molar-refractivity contribution in [3.05, 3.63) is 0 Å². The van der Waals surface area contributed by atoms with Gasteiger partial charge < -0.3 is 5.11 Å². The number of hydrogen-bond donors (Lipinski definition) is 1. The molecule has 0 amide bonds. The highest BCUT2D eigenvalue weighted by Crippen LogP contribution is 2.48. The summed E-state index contributed by atoms with van der Waals surface area (Å²) in [6.07, 6.45) is -8.84. The predicted molar refractivity (Wildman–Crippen MR) is 57.4 cm³/mol. The molecular formula is C12H18F6O. The molecule has 0 aromatic rings. The fourth-order valence-corrected chi connectivity index (χ4v) is 2.73. The molecule has 1 N–H and O–H groups in total. The SMILES string of the molecule is CC(CC(O)(C(F)(F)F)C(F)(F)F)C1CCCCC1. The van der Waals surface area contributed by atoms with Crippen LogP contribution < -0.4 is 0 Å². The quantitative estimate of drug-likeness (QED) is 0.762. The summed E-state index contributed by atoms with van der Waals surface area (Å²) in [7, 11) is 0. The highest BCUT2D eigenvalue weighted by atomic mass is 19.4. The maximum atomic E-state index is 12.6. The molecule has 0 spiro atoms. The van der Waals surface area contributed by atoms with E-state index in [2.05, 4.69) is 0 Å². The number of aliphatic hydroxyl groups is 1. The fourth-order valence-electron chi connectivity index (χ4n) is 2.73. The van der Waals surface area contributed by atoms with Crippen molar-refractivity contribution in [2.24, 2.45) is 11.8 Å². The van der Waals surface area contributed by atoms with Crippen LogP contribution in [0.2, 0.25) is 0 Å². The van der Waals surface area contributed by atoms with Gasteiger partial charge in [0, 0.05) is 0 Å². The first kappa shape index (κ1) is 16.6. The van der Waals surface area contributed by atoms with Crippen LogP contribution in [0.3, 0.4) is 0 Å². The summed E-state index contributed by atoms with van der Waals surface area (Å²) in [5, 5.41) is 9.14. The van der Waals surface area contributed by atoms with Crippen LogP contribution >= 0.6 is 0 Å². The average Bonchev–Trinajstić information content (AvgIpc) is 2.27. The molecule has 0 radical (unpaired) electrons. The Bertz CT molecular complexity index is 276. The highest BCUT2D eigenvalue weighted by Gasteiger charge is 2.70. The molecule has 1 rings (SSSR count). The monoisotopic (exact) mass is 292 g/mol. The zero-order valence-electron chi connectivity index (χ0n) is 10.6. The first-order valence-electron chi connectivity index (χ1n) is 6.35. The zero-order valence-corrected chi connectivity index (χ0v) is 10.6. The number of alkyl halides is 6. The molecule has 7 heteroatoms. The highest BCUT2D eigenvalue weighted by molar-refractivity contribution is 4.95. The van der Waals surface area contributed by atoms with Gasteiger partial charge in [-0.1, -0.05) is 39.0 Å². The van der Waals surface area contributed by atoms with Crippen molar-refractivity contribution in [1.29, 1.82) is 0 Å². The summed E-state index contributed by atoms with van der Waals surface area (Å²) in [5.41, 5.74) is -4.60. The summed E-state index contributed by atoms with van der Waals surface area (Å²) in [5.74, 6) is -0.987. The predicted octanol–water partition coefficient (Wildman–Crippen LogP) is 4.45. The lowest BCUT2D eigenvalue weighted by Gasteiger charge is -2.37. The van der Waals surface area contributed by atoms with Crippen LogP contribution in [0, 0.1) is 11.8 Å². The van der Waals surface area contributed by atoms with E-state index in [0.29, 0.717) is 12.8 Å². The first-order valence-corrected chi connectivity index (χ1v) is 6.35. The number of halogens is 6. The molecule has 0 saturated heterocycles. The maximum Gasteiger partial charge on any atom is 0.426 e. The molecule has 1 aliphatic rings. The fraction of sp³-hybridized carbons (Fsp3) is 1.00. The molecule has 19 heavy (non-hydrogen) atoms. The van der Waals surface area contributed by atoms with Crippen LogP contribution in [0.1, 0.15) is 45.4 Å². The van der Waals surface area contributed by atoms with Crippen LogP contribution in [0.5, 0.6) is 0 Å². The third-order valence-corrected chi connectivity index (χ3v) is 4.01. The van der Waals surface area contributed by atoms with Gasteiger partial charge in [0.2, 0.25) is 0 Å². The van der Waals surface area contributed by atoms with Crippen molar-refractivity contribution >= 4 is 0 Å². The van der Waals surface area contributed by atoms with E-state index in [0.717, 1.165) is 19.3 Å². The summed E-state index contributed by atoms with van der Waals surface area (Å²) < 4.78 is 75.3. The Labute approximate surface area is 108 Å². The normalized spacial score (nSPS) is 21.5. The van der Waals surface area contributed by atoms with Gasteiger partial charge in [-0.05, 0) is 18.3 Å². The zero-order chi connectivity index (χ0) is 14.9. The maximum absolute atomic E-state index is 12.6. The van der Waals surface area contributed by atoms with Crippen molar-refractivity contribution in [3.8, 4) is 0 Å². The van der Waals surface area contributed by atoms with E-state index >= 15 is 0 Å². The van der Waals surface area contributed by atoms with Gasteiger partial charge in [0.25, 0.3) is 5.60 Å². The van der Waals surface area contributed by atoms with E-state index < -0.39 is 30.3 Å². The van der Waals surface area contributed by atoms with E-state index in [4.69, 9.17) is 5.11 Å². The minimum absolute atomic E-state index is 0.176. The molecule has 1 saturated carbocycles. The lowest BCUT2D eigenvalue weighted by atomic mass is 9.76. The Morgan fingerprint density at radius 2 is 1.37 bits per heavy atom. The molecule has 0 aromatic carbocycles. The molecule has 1 atom stereocenters. The van der Waals surface area contributed by atoms with Crippen molar-refractivity contribution in [1.82, 2.24) is 0 Å². The molecule has 0 aliphatic heterocycles. The van der Waals surface area contributed by atoms with Gasteiger partial charge in [-0.15, -0.1) is 0 Å². The van der Waals surface area contributed by atoms with Gasteiger partial charge in [0.1, 0.15) is 0 Å². The smallest absolute Gasteiger partial charge is 0.374 e. The second-order valence-corrected chi connectivity index (χ2v) is 5.44. The van der Waals surface area contributed by atoms with Crippen LogP contribution in [-0.4, -0.2) is 23.1 Å². The average molecular weight is 292 g/mol. The Balaban J connectivity index is 2.84. The third kappa shape index (κ3) is 3.55. The summed E-state index contributed by atoms with van der Waals surface area (Å²) in [4.78, 5) is 0. The Morgan fingerprint density at radius 3 is 1.74 bits per heavy atom. The van der Waals surface area contributed by atoms with Crippen LogP contribution in [0.15, 0.2) is 0 Å². The van der Waals surface area contributed by atoms with Gasteiger partial charge in [-0.2, -0.15) is 26.3 Å². The van der Waals surface area contributed by atoms with Gasteiger partial charge in [0.05, 0.1) is 0 Å². The van der Waals surface area contributed by atoms with Crippen LogP contribution in [0.25, 0.3) is 0 Å². The van der Waals surface area contributed by atoms with Crippen LogP contribution in [0.4, 0.5) is 26.3 Å². The third-order valence-electron chi connectivity index (χ3n) is 4.01. The van der Waals surface area contributed by atoms with Gasteiger partial charge in [-0.3, -0.25) is 0 Å². The van der Waals surface area contributed by atoms with Gasteiger partial charge >= 0.3 is 12.4 Å². The molecule has 1 unspecified atom stereocenters. The topological polar surface area (TPSA) is 20.2 Å². The molecule has 0 heterocycles. The number of rotatable bonds is 3. The molecule has 0 aromatic heterocycles. The minimum Gasteiger partial charge on any atom is -0.374 e. The largest absolute Gasteiger partial charge is 0.426 e. The standard InChI is InChI=1S/C12H18F6O/c1-8(9-5-3-2-4-6-9)7-10(19,11(13,14)15)12(16,17)18/h8-9,19H,2-7H2,1H3. The van der Waals surface area contributed by atoms with E-state index in [1.165, 1.54) is 6.92 Å². The van der Waals surface area contributed by atoms with Crippen molar-refractivity contribution < 1.29 is 31.4 Å². The second-order valence-electron chi connectivity index (χ2n) is 5.44. The second kappa shape index (κ2) is 5.50. The summed E-state index contributed by atoms with van der Waals surface area (Å²) in [6.45, 7) is 1.36. The molecular weight excluding hydrogens is 274 g/mol. The minimum atomic E-state index is -5.70. The Kier molecular flexibility index (Phi) is 4.80. The molecule has 1 fully saturated rings. The summed E-state index contributed by atoms with van der Waals surface area (Å²) in [6, 6.07) is 0. The Morgan fingerprint density at radius 1 is 0.947 bits per heavy atom. The summed E-state index contributed by atoms with van der Waals surface area (Å²) >= 11 is 0. The molecule has 0 bridgehead atoms. The lowest BCUT2D eigenvalue weighted by molar-refractivity contribution is -0.373. The van der Waals surface area contributed by atoms with E-state index in [-0.39, 0.29) is 5.92 Å².